The van der Waals surface area contributed by atoms with Crippen molar-refractivity contribution in [1.29, 1.82) is 0 Å². The zero-order valence-corrected chi connectivity index (χ0v) is 12.0. The first-order valence-corrected chi connectivity index (χ1v) is 7.10. The molecular weight excluding hydrogens is 292 g/mol. The van der Waals surface area contributed by atoms with Crippen LogP contribution in [-0.2, 0) is 4.74 Å². The molecule has 0 saturated carbocycles. The molecule has 3 heterocycles. The van der Waals surface area contributed by atoms with Gasteiger partial charge in [-0.2, -0.15) is 4.98 Å². The van der Waals surface area contributed by atoms with Crippen LogP contribution < -0.4 is 4.74 Å². The maximum Gasteiger partial charge on any atom is 0.245 e. The average Bonchev–Trinajstić information content (AvgIpc) is 3.08. The third-order valence-corrected chi connectivity index (χ3v) is 3.56. The summed E-state index contributed by atoms with van der Waals surface area (Å²) < 4.78 is 12.5. The largest absolute Gasteiger partial charge is 0.476 e. The lowest BCUT2D eigenvalue weighted by atomic mass is 10.1. The summed E-state index contributed by atoms with van der Waals surface area (Å²) in [6.07, 6.45) is -0.484. The van der Waals surface area contributed by atoms with Crippen molar-refractivity contribution < 1.29 is 24.8 Å². The molecule has 0 aromatic carbocycles. The molecule has 4 atom stereocenters. The zero-order chi connectivity index (χ0) is 15.7. The standard InChI is InChI=1S/C13H18N4O5/c1-2-3-21-12-8-11(14-5-15-12)17(6-16-8)13-10(20)9(19)7(4-18)22-13/h5-7,9-10,13,18-20H,2-4H2,1H3/t7-,9-,10+,13-/m1/s1. The minimum absolute atomic E-state index is 0.359. The highest BCUT2D eigenvalue weighted by atomic mass is 16.6. The Morgan fingerprint density at radius 1 is 1.27 bits per heavy atom. The van der Waals surface area contributed by atoms with Crippen molar-refractivity contribution >= 4 is 11.2 Å². The third-order valence-electron chi connectivity index (χ3n) is 3.56. The molecule has 0 unspecified atom stereocenters. The van der Waals surface area contributed by atoms with Crippen molar-refractivity contribution in [2.75, 3.05) is 13.2 Å². The van der Waals surface area contributed by atoms with Crippen LogP contribution in [0.25, 0.3) is 11.2 Å². The van der Waals surface area contributed by atoms with Gasteiger partial charge in [0.05, 0.1) is 19.5 Å². The Morgan fingerprint density at radius 3 is 2.77 bits per heavy atom. The highest BCUT2D eigenvalue weighted by molar-refractivity contribution is 5.76. The fourth-order valence-corrected chi connectivity index (χ4v) is 2.43. The van der Waals surface area contributed by atoms with E-state index >= 15 is 0 Å². The van der Waals surface area contributed by atoms with Crippen LogP contribution in [0.2, 0.25) is 0 Å². The molecule has 2 aromatic heterocycles. The van der Waals surface area contributed by atoms with Gasteiger partial charge in [-0.15, -0.1) is 0 Å². The molecule has 1 saturated heterocycles. The highest BCUT2D eigenvalue weighted by Gasteiger charge is 2.44. The Labute approximate surface area is 126 Å². The molecule has 1 fully saturated rings. The number of aromatic nitrogens is 4. The first-order valence-electron chi connectivity index (χ1n) is 7.10. The zero-order valence-electron chi connectivity index (χ0n) is 12.0. The quantitative estimate of drug-likeness (QED) is 0.658. The van der Waals surface area contributed by atoms with E-state index in [9.17, 15) is 10.2 Å². The van der Waals surface area contributed by atoms with Gasteiger partial charge in [0.25, 0.3) is 0 Å². The number of imidazole rings is 1. The van der Waals surface area contributed by atoms with Crippen LogP contribution in [0.15, 0.2) is 12.7 Å². The average molecular weight is 310 g/mol. The molecule has 0 bridgehead atoms. The smallest absolute Gasteiger partial charge is 0.245 e. The van der Waals surface area contributed by atoms with E-state index in [4.69, 9.17) is 14.6 Å². The molecule has 2 aromatic rings. The molecule has 120 valence electrons. The Hall–Kier alpha value is -1.81. The van der Waals surface area contributed by atoms with Gasteiger partial charge in [0, 0.05) is 0 Å². The molecule has 1 aliphatic rings. The topological polar surface area (TPSA) is 123 Å². The second-order valence-corrected chi connectivity index (χ2v) is 5.08. The van der Waals surface area contributed by atoms with E-state index in [0.29, 0.717) is 23.7 Å². The number of rotatable bonds is 5. The van der Waals surface area contributed by atoms with E-state index in [0.717, 1.165) is 6.42 Å². The summed E-state index contributed by atoms with van der Waals surface area (Å²) in [4.78, 5) is 12.4. The number of aliphatic hydroxyl groups excluding tert-OH is 3. The maximum atomic E-state index is 10.1. The van der Waals surface area contributed by atoms with Crippen LogP contribution in [0, 0.1) is 0 Å². The predicted molar refractivity (Wildman–Crippen MR) is 74.1 cm³/mol. The number of aliphatic hydroxyl groups is 3. The van der Waals surface area contributed by atoms with E-state index in [1.165, 1.54) is 17.2 Å². The van der Waals surface area contributed by atoms with Gasteiger partial charge in [0.2, 0.25) is 5.88 Å². The maximum absolute atomic E-state index is 10.1. The van der Waals surface area contributed by atoms with Crippen molar-refractivity contribution in [3.63, 3.8) is 0 Å². The molecule has 0 amide bonds. The first-order chi connectivity index (χ1) is 10.7. The van der Waals surface area contributed by atoms with Gasteiger partial charge in [0.1, 0.15) is 24.6 Å². The molecular formula is C13H18N4O5. The number of hydrogen-bond acceptors (Lipinski definition) is 8. The molecule has 3 N–H and O–H groups in total. The first kappa shape index (κ1) is 15.1. The van der Waals surface area contributed by atoms with Crippen LogP contribution in [0.4, 0.5) is 0 Å². The van der Waals surface area contributed by atoms with Crippen LogP contribution in [0.5, 0.6) is 5.88 Å². The Balaban J connectivity index is 1.95. The minimum atomic E-state index is -1.19. The van der Waals surface area contributed by atoms with E-state index in [1.54, 1.807) is 0 Å². The molecule has 22 heavy (non-hydrogen) atoms. The third kappa shape index (κ3) is 2.41. The normalized spacial score (nSPS) is 28.4. The molecule has 0 aliphatic carbocycles. The van der Waals surface area contributed by atoms with Crippen molar-refractivity contribution in [3.05, 3.63) is 12.7 Å². The Kier molecular flexibility index (Phi) is 4.21. The summed E-state index contributed by atoms with van der Waals surface area (Å²) in [6.45, 7) is 2.10. The summed E-state index contributed by atoms with van der Waals surface area (Å²) in [7, 11) is 0. The summed E-state index contributed by atoms with van der Waals surface area (Å²) in [5.74, 6) is 0.359. The van der Waals surface area contributed by atoms with Gasteiger partial charge in [-0.3, -0.25) is 4.57 Å². The molecule has 3 rings (SSSR count). The van der Waals surface area contributed by atoms with Gasteiger partial charge in [-0.05, 0) is 6.42 Å². The molecule has 9 nitrogen and oxygen atoms in total. The van der Waals surface area contributed by atoms with E-state index < -0.39 is 24.5 Å². The fraction of sp³-hybridized carbons (Fsp3) is 0.615. The Bertz CT molecular complexity index is 648. The lowest BCUT2D eigenvalue weighted by Crippen LogP contribution is -2.33. The van der Waals surface area contributed by atoms with Gasteiger partial charge in [-0.25, -0.2) is 9.97 Å². The van der Waals surface area contributed by atoms with E-state index in [1.807, 2.05) is 6.92 Å². The van der Waals surface area contributed by atoms with Crippen LogP contribution in [0.1, 0.15) is 19.6 Å². The molecule has 0 radical (unpaired) electrons. The monoisotopic (exact) mass is 310 g/mol. The van der Waals surface area contributed by atoms with Gasteiger partial charge in [-0.1, -0.05) is 6.92 Å². The van der Waals surface area contributed by atoms with Gasteiger partial charge < -0.3 is 24.8 Å². The summed E-state index contributed by atoms with van der Waals surface area (Å²) in [5.41, 5.74) is 0.879. The predicted octanol–water partition coefficient (Wildman–Crippen LogP) is -0.773. The van der Waals surface area contributed by atoms with Crippen LogP contribution in [-0.4, -0.2) is 66.4 Å². The molecule has 9 heteroatoms. The minimum Gasteiger partial charge on any atom is -0.476 e. The van der Waals surface area contributed by atoms with E-state index in [-0.39, 0.29) is 6.61 Å². The summed E-state index contributed by atoms with van der Waals surface area (Å²) in [6, 6.07) is 0. The van der Waals surface area contributed by atoms with Crippen LogP contribution in [0.3, 0.4) is 0 Å². The SMILES string of the molecule is CCCOc1ncnc2c1ncn2[C@@H]1O[C@H](CO)[C@@H](O)[C@@H]1O. The second-order valence-electron chi connectivity index (χ2n) is 5.08. The summed E-state index contributed by atoms with van der Waals surface area (Å²) >= 11 is 0. The lowest BCUT2D eigenvalue weighted by molar-refractivity contribution is -0.0511. The van der Waals surface area contributed by atoms with Gasteiger partial charge >= 0.3 is 0 Å². The number of ether oxygens (including phenoxy) is 2. The van der Waals surface area contributed by atoms with Crippen molar-refractivity contribution in [2.24, 2.45) is 0 Å². The van der Waals surface area contributed by atoms with Gasteiger partial charge in [0.15, 0.2) is 17.4 Å². The molecule has 0 spiro atoms. The number of nitrogens with zero attached hydrogens (tertiary/aromatic N) is 4. The number of fused-ring (bicyclic) bond motifs is 1. The molecule has 1 aliphatic heterocycles. The van der Waals surface area contributed by atoms with E-state index in [2.05, 4.69) is 15.0 Å². The van der Waals surface area contributed by atoms with Crippen LogP contribution >= 0.6 is 0 Å². The highest BCUT2D eigenvalue weighted by Crippen LogP contribution is 2.32. The van der Waals surface area contributed by atoms with Crippen molar-refractivity contribution in [1.82, 2.24) is 19.5 Å². The second kappa shape index (κ2) is 6.13. The fourth-order valence-electron chi connectivity index (χ4n) is 2.43. The number of hydrogen-bond donors (Lipinski definition) is 3. The summed E-state index contributed by atoms with van der Waals surface area (Å²) in [5, 5.41) is 29.1. The van der Waals surface area contributed by atoms with Crippen molar-refractivity contribution in [3.8, 4) is 5.88 Å². The van der Waals surface area contributed by atoms with Crippen molar-refractivity contribution in [2.45, 2.75) is 37.9 Å². The lowest BCUT2D eigenvalue weighted by Gasteiger charge is -2.16. The Morgan fingerprint density at radius 2 is 2.09 bits per heavy atom.